The molecule has 0 spiro atoms. The van der Waals surface area contributed by atoms with E-state index in [1.165, 1.54) is 6.42 Å². The average molecular weight is 521 g/mol. The van der Waals surface area contributed by atoms with Crippen molar-refractivity contribution in [2.24, 2.45) is 0 Å². The summed E-state index contributed by atoms with van der Waals surface area (Å²) in [5.74, 6) is 0.395. The minimum absolute atomic E-state index is 0.00792. The summed E-state index contributed by atoms with van der Waals surface area (Å²) in [5.41, 5.74) is 2.74. The summed E-state index contributed by atoms with van der Waals surface area (Å²) in [6, 6.07) is 10.8. The molecular weight excluding hydrogens is 492 g/mol. The summed E-state index contributed by atoms with van der Waals surface area (Å²) in [6.45, 7) is 3.72. The van der Waals surface area contributed by atoms with Crippen LogP contribution in [0.3, 0.4) is 0 Å². The Balaban J connectivity index is 1.42. The van der Waals surface area contributed by atoms with Gasteiger partial charge in [-0.3, -0.25) is 4.79 Å². The quantitative estimate of drug-likeness (QED) is 0.597. The zero-order valence-electron chi connectivity index (χ0n) is 18.4. The van der Waals surface area contributed by atoms with Crippen molar-refractivity contribution in [2.75, 3.05) is 11.5 Å². The Morgan fingerprint density at radius 2 is 1.91 bits per heavy atom. The Labute approximate surface area is 198 Å². The highest BCUT2D eigenvalue weighted by Gasteiger charge is 2.31. The molecule has 2 aromatic carbocycles. The second kappa shape index (κ2) is 9.53. The topological polar surface area (TPSA) is 75.7 Å². The highest BCUT2D eigenvalue weighted by atomic mass is 79.9. The van der Waals surface area contributed by atoms with Crippen molar-refractivity contribution >= 4 is 37.5 Å². The van der Waals surface area contributed by atoms with Gasteiger partial charge in [-0.05, 0) is 80.6 Å². The molecule has 6 nitrogen and oxygen atoms in total. The molecule has 2 aliphatic rings. The van der Waals surface area contributed by atoms with Crippen LogP contribution in [0, 0.1) is 6.92 Å². The van der Waals surface area contributed by atoms with Crippen LogP contribution >= 0.6 is 15.9 Å². The minimum atomic E-state index is -3.57. The highest BCUT2D eigenvalue weighted by Crippen LogP contribution is 2.34. The number of rotatable bonds is 6. The molecule has 1 N–H and O–H groups in total. The third-order valence-electron chi connectivity index (χ3n) is 6.26. The number of hydrogen-bond acceptors (Lipinski definition) is 4. The number of ether oxygens (including phenoxy) is 1. The van der Waals surface area contributed by atoms with Crippen LogP contribution in [-0.4, -0.2) is 33.0 Å². The number of amides is 1. The zero-order valence-corrected chi connectivity index (χ0v) is 20.8. The van der Waals surface area contributed by atoms with E-state index in [4.69, 9.17) is 4.74 Å². The molecule has 1 atom stereocenters. The lowest BCUT2D eigenvalue weighted by atomic mass is 9.96. The second-order valence-electron chi connectivity index (χ2n) is 8.76. The predicted molar refractivity (Wildman–Crippen MR) is 129 cm³/mol. The van der Waals surface area contributed by atoms with E-state index >= 15 is 0 Å². The van der Waals surface area contributed by atoms with Gasteiger partial charge in [0.25, 0.3) is 5.91 Å². The molecule has 2 aromatic rings. The molecule has 1 heterocycles. The number of halogens is 1. The molecule has 1 fully saturated rings. The second-order valence-corrected chi connectivity index (χ2v) is 11.4. The van der Waals surface area contributed by atoms with Gasteiger partial charge in [-0.15, -0.1) is 0 Å². The number of sulfonamides is 1. The molecule has 0 saturated heterocycles. The number of fused-ring (bicyclic) bond motifs is 1. The normalized spacial score (nSPS) is 19.1. The Hall–Kier alpha value is -1.90. The molecule has 1 aliphatic heterocycles. The first-order valence-corrected chi connectivity index (χ1v) is 13.4. The van der Waals surface area contributed by atoms with Gasteiger partial charge in [0, 0.05) is 22.2 Å². The standard InChI is InChI=1S/C24H29BrN2O4S/c1-16-12-21(32(29,30)26-20-6-4-3-5-7-20)9-11-23(16)31-15-24(28)27-17(2)13-18-14-19(25)8-10-22(18)27/h8-12,14,17,20,26H,3-7,13,15H2,1-2H3. The van der Waals surface area contributed by atoms with Crippen molar-refractivity contribution in [1.29, 1.82) is 0 Å². The first-order chi connectivity index (χ1) is 15.2. The van der Waals surface area contributed by atoms with Crippen molar-refractivity contribution in [2.45, 2.75) is 69.4 Å². The largest absolute Gasteiger partial charge is 0.483 e. The molecule has 0 radical (unpaired) electrons. The van der Waals surface area contributed by atoms with Crippen molar-refractivity contribution < 1.29 is 17.9 Å². The van der Waals surface area contributed by atoms with Gasteiger partial charge in [0.15, 0.2) is 6.61 Å². The van der Waals surface area contributed by atoms with Crippen molar-refractivity contribution in [3.8, 4) is 5.75 Å². The van der Waals surface area contributed by atoms with Crippen LogP contribution < -0.4 is 14.4 Å². The molecule has 4 rings (SSSR count). The molecule has 0 bridgehead atoms. The van der Waals surface area contributed by atoms with Crippen LogP contribution in [0.2, 0.25) is 0 Å². The Morgan fingerprint density at radius 3 is 2.62 bits per heavy atom. The zero-order chi connectivity index (χ0) is 22.9. The van der Waals surface area contributed by atoms with Gasteiger partial charge >= 0.3 is 0 Å². The van der Waals surface area contributed by atoms with Gasteiger partial charge in [-0.1, -0.05) is 35.2 Å². The van der Waals surface area contributed by atoms with Crippen LogP contribution in [0.5, 0.6) is 5.75 Å². The lowest BCUT2D eigenvalue weighted by Gasteiger charge is -2.23. The van der Waals surface area contributed by atoms with E-state index < -0.39 is 10.0 Å². The Kier molecular flexibility index (Phi) is 6.93. The molecule has 1 unspecified atom stereocenters. The van der Waals surface area contributed by atoms with Gasteiger partial charge < -0.3 is 9.64 Å². The van der Waals surface area contributed by atoms with Crippen LogP contribution in [0.4, 0.5) is 5.69 Å². The molecule has 8 heteroatoms. The summed E-state index contributed by atoms with van der Waals surface area (Å²) >= 11 is 3.48. The van der Waals surface area contributed by atoms with E-state index in [1.54, 1.807) is 30.0 Å². The number of hydrogen-bond donors (Lipinski definition) is 1. The first kappa shape index (κ1) is 23.3. The maximum Gasteiger partial charge on any atom is 0.265 e. The predicted octanol–water partition coefficient (Wildman–Crippen LogP) is 4.73. The third-order valence-corrected chi connectivity index (χ3v) is 8.27. The maximum atomic E-state index is 12.9. The highest BCUT2D eigenvalue weighted by molar-refractivity contribution is 9.10. The smallest absolute Gasteiger partial charge is 0.265 e. The summed E-state index contributed by atoms with van der Waals surface area (Å²) in [7, 11) is -3.57. The molecule has 1 saturated carbocycles. The minimum Gasteiger partial charge on any atom is -0.483 e. The van der Waals surface area contributed by atoms with Gasteiger partial charge in [0.2, 0.25) is 10.0 Å². The number of aryl methyl sites for hydroxylation is 1. The molecule has 172 valence electrons. The van der Waals surface area contributed by atoms with Gasteiger partial charge in [-0.25, -0.2) is 13.1 Å². The summed E-state index contributed by atoms with van der Waals surface area (Å²) in [4.78, 5) is 14.9. The van der Waals surface area contributed by atoms with E-state index in [-0.39, 0.29) is 29.5 Å². The lowest BCUT2D eigenvalue weighted by Crippen LogP contribution is -2.39. The summed E-state index contributed by atoms with van der Waals surface area (Å²) in [6.07, 6.45) is 5.86. The third kappa shape index (κ3) is 5.02. The van der Waals surface area contributed by atoms with Crippen molar-refractivity contribution in [3.63, 3.8) is 0 Å². The fourth-order valence-electron chi connectivity index (χ4n) is 4.65. The number of carbonyl (C=O) groups is 1. The van der Waals surface area contributed by atoms with Crippen molar-refractivity contribution in [1.82, 2.24) is 4.72 Å². The average Bonchev–Trinajstić information content (AvgIpc) is 3.07. The Bertz CT molecular complexity index is 1110. The monoisotopic (exact) mass is 520 g/mol. The molecular formula is C24H29BrN2O4S. The van der Waals surface area contributed by atoms with E-state index in [9.17, 15) is 13.2 Å². The number of carbonyl (C=O) groups excluding carboxylic acids is 1. The fourth-order valence-corrected chi connectivity index (χ4v) is 6.45. The van der Waals surface area contributed by atoms with Gasteiger partial charge in [0.05, 0.1) is 4.90 Å². The Morgan fingerprint density at radius 1 is 1.16 bits per heavy atom. The molecule has 1 aliphatic carbocycles. The van der Waals surface area contributed by atoms with Crippen LogP contribution in [0.25, 0.3) is 0 Å². The van der Waals surface area contributed by atoms with Gasteiger partial charge in [0.1, 0.15) is 5.75 Å². The van der Waals surface area contributed by atoms with E-state index in [0.717, 1.165) is 47.8 Å². The summed E-state index contributed by atoms with van der Waals surface area (Å²) < 4.78 is 35.2. The number of nitrogens with one attached hydrogen (secondary N) is 1. The number of benzene rings is 2. The number of nitrogens with zero attached hydrogens (tertiary/aromatic N) is 1. The fraction of sp³-hybridized carbons (Fsp3) is 0.458. The molecule has 32 heavy (non-hydrogen) atoms. The van der Waals surface area contributed by atoms with Crippen molar-refractivity contribution in [3.05, 3.63) is 52.0 Å². The van der Waals surface area contributed by atoms with Crippen LogP contribution in [0.15, 0.2) is 45.8 Å². The lowest BCUT2D eigenvalue weighted by molar-refractivity contribution is -0.120. The molecule has 0 aromatic heterocycles. The maximum absolute atomic E-state index is 12.9. The van der Waals surface area contributed by atoms with E-state index in [1.807, 2.05) is 25.1 Å². The van der Waals surface area contributed by atoms with Gasteiger partial charge in [-0.2, -0.15) is 0 Å². The first-order valence-electron chi connectivity index (χ1n) is 11.1. The number of anilines is 1. The van der Waals surface area contributed by atoms with Crippen LogP contribution in [-0.2, 0) is 21.2 Å². The van der Waals surface area contributed by atoms with Crippen LogP contribution in [0.1, 0.15) is 50.2 Å². The van der Waals surface area contributed by atoms with E-state index in [2.05, 4.69) is 20.7 Å². The van der Waals surface area contributed by atoms with E-state index in [0.29, 0.717) is 11.3 Å². The molecule has 1 amide bonds. The summed E-state index contributed by atoms with van der Waals surface area (Å²) in [5, 5.41) is 0. The SMILES string of the molecule is Cc1cc(S(=O)(=O)NC2CCCCC2)ccc1OCC(=O)N1c2ccc(Br)cc2CC1C.